The van der Waals surface area contributed by atoms with E-state index >= 15 is 0 Å². The van der Waals surface area contributed by atoms with Gasteiger partial charge in [0.2, 0.25) is 0 Å². The van der Waals surface area contributed by atoms with Crippen LogP contribution >= 0.6 is 0 Å². The number of rotatable bonds is 3. The van der Waals surface area contributed by atoms with Crippen molar-refractivity contribution in [3.63, 3.8) is 0 Å². The maximum Gasteiger partial charge on any atom is 0.161 e. The molecule has 11 rings (SSSR count). The number of nitrogens with zero attached hydrogens (tertiary/aromatic N) is 2. The molecule has 0 radical (unpaired) electrons. The normalized spacial score (nSPS) is 11.7. The van der Waals surface area contributed by atoms with Gasteiger partial charge in [0.1, 0.15) is 0 Å². The van der Waals surface area contributed by atoms with Gasteiger partial charge in [-0.2, -0.15) is 0 Å². The van der Waals surface area contributed by atoms with Crippen LogP contribution in [0.1, 0.15) is 0 Å². The second-order valence-corrected chi connectivity index (χ2v) is 14.1. The number of hydrogen-bond acceptors (Lipinski definition) is 2. The molecule has 0 atom stereocenters. The third-order valence-electron chi connectivity index (χ3n) is 11.1. The molecule has 0 spiro atoms. The predicted molar refractivity (Wildman–Crippen MR) is 226 cm³/mol. The summed E-state index contributed by atoms with van der Waals surface area (Å²) in [5.74, 6) is 0.721. The van der Waals surface area contributed by atoms with E-state index in [0.717, 1.165) is 44.5 Å². The van der Waals surface area contributed by atoms with Gasteiger partial charge in [-0.05, 0) is 94.5 Å². The minimum absolute atomic E-state index is 0.721. The molecule has 9 aromatic carbocycles. The predicted octanol–water partition coefficient (Wildman–Crippen LogP) is 13.9. The highest BCUT2D eigenvalue weighted by Gasteiger charge is 2.25. The van der Waals surface area contributed by atoms with Crippen LogP contribution < -0.4 is 0 Å². The van der Waals surface area contributed by atoms with Crippen LogP contribution in [0.2, 0.25) is 0 Å². The zero-order valence-corrected chi connectivity index (χ0v) is 29.4. The highest BCUT2D eigenvalue weighted by atomic mass is 14.9. The summed E-state index contributed by atoms with van der Waals surface area (Å²) < 4.78 is 0. The molecular weight excluding hydrogens is 653 g/mol. The van der Waals surface area contributed by atoms with E-state index in [2.05, 4.69) is 188 Å². The number of benzene rings is 9. The second-order valence-electron chi connectivity index (χ2n) is 14.1. The molecular formula is C52H32N2. The first-order chi connectivity index (χ1) is 26.8. The Morgan fingerprint density at radius 2 is 0.759 bits per heavy atom. The molecule has 1 heterocycles. The van der Waals surface area contributed by atoms with E-state index in [0.29, 0.717) is 0 Å². The van der Waals surface area contributed by atoms with Crippen molar-refractivity contribution < 1.29 is 0 Å². The summed E-state index contributed by atoms with van der Waals surface area (Å²) in [4.78, 5) is 10.8. The molecule has 2 nitrogen and oxygen atoms in total. The van der Waals surface area contributed by atoms with Crippen molar-refractivity contribution >= 4 is 32.3 Å². The van der Waals surface area contributed by atoms with Crippen molar-refractivity contribution in [2.45, 2.75) is 0 Å². The zero-order valence-electron chi connectivity index (χ0n) is 29.4. The Morgan fingerprint density at radius 3 is 1.39 bits per heavy atom. The van der Waals surface area contributed by atoms with Crippen LogP contribution in [0, 0.1) is 0 Å². The summed E-state index contributed by atoms with van der Waals surface area (Å²) in [7, 11) is 0. The molecule has 54 heavy (non-hydrogen) atoms. The van der Waals surface area contributed by atoms with E-state index in [-0.39, 0.29) is 0 Å². The average Bonchev–Trinajstić information content (AvgIpc) is 3.25. The van der Waals surface area contributed by atoms with Crippen molar-refractivity contribution in [3.8, 4) is 78.3 Å². The largest absolute Gasteiger partial charge is 0.236 e. The van der Waals surface area contributed by atoms with E-state index in [1.807, 2.05) is 6.20 Å². The van der Waals surface area contributed by atoms with E-state index < -0.39 is 0 Å². The topological polar surface area (TPSA) is 25.8 Å². The first kappa shape index (κ1) is 30.5. The standard InChI is InChI=1S/C52H32N2/c1-2-15-34-30-36(29-28-33(34)14-1)35-16-13-17-37(31-35)49-43-23-8-10-25-45(43)50(46-26-11-9-24-44(46)49)52-53-32-48-42-22-6-5-20-40(42)38-18-3-4-19-39(38)41-21-7-12-27-47(41)51(48)54-52/h1-32H. The molecule has 0 fully saturated rings. The maximum absolute atomic E-state index is 5.57. The van der Waals surface area contributed by atoms with Crippen LogP contribution in [0.5, 0.6) is 0 Å². The minimum Gasteiger partial charge on any atom is -0.236 e. The number of fused-ring (bicyclic) bond motifs is 11. The summed E-state index contributed by atoms with van der Waals surface area (Å²) in [5, 5.41) is 7.11. The fourth-order valence-electron chi connectivity index (χ4n) is 8.64. The minimum atomic E-state index is 0.721. The van der Waals surface area contributed by atoms with Crippen molar-refractivity contribution in [1.29, 1.82) is 0 Å². The molecule has 0 unspecified atom stereocenters. The fraction of sp³-hybridized carbons (Fsp3) is 0. The van der Waals surface area contributed by atoms with Crippen LogP contribution in [0.15, 0.2) is 194 Å². The molecule has 0 saturated heterocycles. The van der Waals surface area contributed by atoms with Gasteiger partial charge in [-0.25, -0.2) is 9.97 Å². The van der Waals surface area contributed by atoms with Crippen molar-refractivity contribution in [2.75, 3.05) is 0 Å². The van der Waals surface area contributed by atoms with Gasteiger partial charge >= 0.3 is 0 Å². The van der Waals surface area contributed by atoms with Gasteiger partial charge in [0, 0.05) is 22.9 Å². The lowest BCUT2D eigenvalue weighted by atomic mass is 9.83. The third-order valence-corrected chi connectivity index (χ3v) is 11.1. The first-order valence-corrected chi connectivity index (χ1v) is 18.5. The van der Waals surface area contributed by atoms with E-state index in [1.54, 1.807) is 0 Å². The molecule has 0 N–H and O–H groups in total. The van der Waals surface area contributed by atoms with Crippen LogP contribution in [0.4, 0.5) is 0 Å². The highest BCUT2D eigenvalue weighted by molar-refractivity contribution is 6.21. The lowest BCUT2D eigenvalue weighted by Crippen LogP contribution is -2.02. The van der Waals surface area contributed by atoms with Gasteiger partial charge in [0.25, 0.3) is 0 Å². The quantitative estimate of drug-likeness (QED) is 0.173. The third kappa shape index (κ3) is 4.74. The molecule has 0 aliphatic heterocycles. The summed E-state index contributed by atoms with van der Waals surface area (Å²) >= 11 is 0. The van der Waals surface area contributed by atoms with Gasteiger partial charge in [0.05, 0.1) is 5.69 Å². The lowest BCUT2D eigenvalue weighted by Gasteiger charge is -2.23. The van der Waals surface area contributed by atoms with E-state index in [1.165, 1.54) is 66.1 Å². The second kappa shape index (κ2) is 12.2. The van der Waals surface area contributed by atoms with Crippen LogP contribution in [-0.2, 0) is 0 Å². The molecule has 10 aromatic rings. The first-order valence-electron chi connectivity index (χ1n) is 18.5. The number of hydrogen-bond donors (Lipinski definition) is 0. The Bertz CT molecular complexity index is 3060. The van der Waals surface area contributed by atoms with Gasteiger partial charge in [-0.15, -0.1) is 0 Å². The van der Waals surface area contributed by atoms with Crippen molar-refractivity contribution in [3.05, 3.63) is 194 Å². The van der Waals surface area contributed by atoms with E-state index in [9.17, 15) is 0 Å². The summed E-state index contributed by atoms with van der Waals surface area (Å²) in [6, 6.07) is 67.8. The smallest absolute Gasteiger partial charge is 0.161 e. The Hall–Kier alpha value is -7.16. The van der Waals surface area contributed by atoms with Crippen LogP contribution in [0.25, 0.3) is 111 Å². The summed E-state index contributed by atoms with van der Waals surface area (Å²) in [5.41, 5.74) is 14.8. The molecule has 0 bridgehead atoms. The Morgan fingerprint density at radius 1 is 0.296 bits per heavy atom. The Labute approximate surface area is 313 Å². The average molecular weight is 685 g/mol. The molecule has 1 aromatic heterocycles. The zero-order chi connectivity index (χ0) is 35.6. The molecule has 1 aliphatic rings. The number of aromatic nitrogens is 2. The van der Waals surface area contributed by atoms with Crippen LogP contribution in [-0.4, -0.2) is 9.97 Å². The fourth-order valence-corrected chi connectivity index (χ4v) is 8.64. The Kier molecular flexibility index (Phi) is 6.90. The Balaban J connectivity index is 1.16. The molecule has 0 amide bonds. The molecule has 0 saturated carbocycles. The van der Waals surface area contributed by atoms with E-state index in [4.69, 9.17) is 9.97 Å². The van der Waals surface area contributed by atoms with Crippen molar-refractivity contribution in [2.24, 2.45) is 0 Å². The van der Waals surface area contributed by atoms with Gasteiger partial charge in [-0.3, -0.25) is 0 Å². The monoisotopic (exact) mass is 684 g/mol. The molecule has 2 heteroatoms. The maximum atomic E-state index is 5.57. The van der Waals surface area contributed by atoms with Gasteiger partial charge < -0.3 is 0 Å². The highest BCUT2D eigenvalue weighted by Crippen LogP contribution is 2.48. The molecule has 250 valence electrons. The summed E-state index contributed by atoms with van der Waals surface area (Å²) in [6.45, 7) is 0. The SMILES string of the molecule is c1cc(-c2ccc3ccccc3c2)cc(-c2c3ccccc3c(-c3ncc4c(n3)-c3ccccc3-c3ccccc3-c3ccccc3-4)c3ccccc23)c1. The van der Waals surface area contributed by atoms with Crippen LogP contribution in [0.3, 0.4) is 0 Å². The van der Waals surface area contributed by atoms with Gasteiger partial charge in [0.15, 0.2) is 5.82 Å². The lowest BCUT2D eigenvalue weighted by molar-refractivity contribution is 1.19. The van der Waals surface area contributed by atoms with Crippen molar-refractivity contribution in [1.82, 2.24) is 9.97 Å². The molecule has 1 aliphatic carbocycles. The van der Waals surface area contributed by atoms with Gasteiger partial charge in [-0.1, -0.05) is 176 Å². The summed E-state index contributed by atoms with van der Waals surface area (Å²) in [6.07, 6.45) is 2.05.